The molecule has 2 aromatic rings. The molecule has 4 heteroatoms. The van der Waals surface area contributed by atoms with Gasteiger partial charge in [0, 0.05) is 42.8 Å². The maximum atomic E-state index is 11.1. The van der Waals surface area contributed by atoms with Gasteiger partial charge in [-0.05, 0) is 30.7 Å². The number of aromatic nitrogens is 1. The molecule has 0 atom stereocenters. The van der Waals surface area contributed by atoms with Crippen molar-refractivity contribution in [2.24, 2.45) is 0 Å². The van der Waals surface area contributed by atoms with Gasteiger partial charge in [-0.3, -0.25) is 4.79 Å². The number of carbonyl (C=O) groups is 1. The quantitative estimate of drug-likeness (QED) is 0.787. The third-order valence-corrected chi connectivity index (χ3v) is 2.88. The number of nitrogens with two attached hydrogens (primary N) is 1. The largest absolute Gasteiger partial charge is 0.399 e. The zero-order chi connectivity index (χ0) is 12.3. The van der Waals surface area contributed by atoms with Crippen LogP contribution in [0.1, 0.15) is 12.8 Å². The first-order valence-corrected chi connectivity index (χ1v) is 5.75. The van der Waals surface area contributed by atoms with Crippen molar-refractivity contribution in [1.29, 1.82) is 0 Å². The Kier molecular flexibility index (Phi) is 3.32. The molecular weight excluding hydrogens is 214 g/mol. The molecule has 0 radical (unpaired) electrons. The summed E-state index contributed by atoms with van der Waals surface area (Å²) in [5.41, 5.74) is 7.67. The molecule has 1 aromatic heterocycles. The van der Waals surface area contributed by atoms with E-state index in [1.54, 1.807) is 7.05 Å². The van der Waals surface area contributed by atoms with E-state index in [9.17, 15) is 4.79 Å². The van der Waals surface area contributed by atoms with Crippen LogP contribution in [0.5, 0.6) is 0 Å². The van der Waals surface area contributed by atoms with Gasteiger partial charge in [-0.2, -0.15) is 0 Å². The lowest BCUT2D eigenvalue weighted by Crippen LogP contribution is -2.17. The topological polar surface area (TPSA) is 60.0 Å². The molecule has 1 heterocycles. The van der Waals surface area contributed by atoms with Crippen LogP contribution in [0.25, 0.3) is 10.9 Å². The van der Waals surface area contributed by atoms with Crippen molar-refractivity contribution in [3.63, 3.8) is 0 Å². The van der Waals surface area contributed by atoms with Crippen LogP contribution in [0.4, 0.5) is 5.69 Å². The van der Waals surface area contributed by atoms with Crippen LogP contribution in [0.3, 0.4) is 0 Å². The molecule has 2 rings (SSSR count). The van der Waals surface area contributed by atoms with E-state index < -0.39 is 0 Å². The van der Waals surface area contributed by atoms with Crippen molar-refractivity contribution >= 4 is 22.5 Å². The van der Waals surface area contributed by atoms with Gasteiger partial charge in [0.1, 0.15) is 0 Å². The minimum atomic E-state index is 0.0886. The molecule has 0 saturated heterocycles. The number of anilines is 1. The molecule has 3 N–H and O–H groups in total. The predicted molar refractivity (Wildman–Crippen MR) is 69.7 cm³/mol. The highest BCUT2D eigenvalue weighted by Gasteiger charge is 2.02. The molecule has 1 aromatic carbocycles. The van der Waals surface area contributed by atoms with Gasteiger partial charge in [-0.15, -0.1) is 0 Å². The Hall–Kier alpha value is -1.97. The fourth-order valence-electron chi connectivity index (χ4n) is 1.95. The number of rotatable bonds is 4. The lowest BCUT2D eigenvalue weighted by molar-refractivity contribution is -0.120. The van der Waals surface area contributed by atoms with E-state index in [1.165, 1.54) is 0 Å². The Morgan fingerprint density at radius 3 is 3.00 bits per heavy atom. The van der Waals surface area contributed by atoms with Gasteiger partial charge in [0.2, 0.25) is 5.91 Å². The minimum Gasteiger partial charge on any atom is -0.399 e. The first-order valence-electron chi connectivity index (χ1n) is 5.75. The van der Waals surface area contributed by atoms with E-state index in [1.807, 2.05) is 30.5 Å². The normalized spacial score (nSPS) is 10.6. The molecule has 0 aliphatic rings. The van der Waals surface area contributed by atoms with E-state index in [2.05, 4.69) is 9.88 Å². The number of aryl methyl sites for hydroxylation is 1. The molecule has 90 valence electrons. The number of amides is 1. The Bertz CT molecular complexity index is 530. The van der Waals surface area contributed by atoms with Crippen molar-refractivity contribution < 1.29 is 4.79 Å². The molecule has 0 aliphatic heterocycles. The average molecular weight is 231 g/mol. The standard InChI is InChI=1S/C13H17N3O/c1-15-13(17)3-2-7-16-8-6-10-9-11(14)4-5-12(10)16/h4-6,8-9H,2-3,7,14H2,1H3,(H,15,17). The molecule has 0 spiro atoms. The lowest BCUT2D eigenvalue weighted by Gasteiger charge is -2.05. The summed E-state index contributed by atoms with van der Waals surface area (Å²) in [6.45, 7) is 0.848. The summed E-state index contributed by atoms with van der Waals surface area (Å²) in [4.78, 5) is 11.1. The summed E-state index contributed by atoms with van der Waals surface area (Å²) in [6, 6.07) is 7.93. The third-order valence-electron chi connectivity index (χ3n) is 2.88. The zero-order valence-electron chi connectivity index (χ0n) is 9.94. The molecule has 0 unspecified atom stereocenters. The number of nitrogens with one attached hydrogen (secondary N) is 1. The van der Waals surface area contributed by atoms with Gasteiger partial charge in [-0.25, -0.2) is 0 Å². The monoisotopic (exact) mass is 231 g/mol. The highest BCUT2D eigenvalue weighted by Crippen LogP contribution is 2.19. The van der Waals surface area contributed by atoms with E-state index >= 15 is 0 Å². The molecule has 17 heavy (non-hydrogen) atoms. The molecule has 0 aliphatic carbocycles. The second-order valence-electron chi connectivity index (χ2n) is 4.10. The van der Waals surface area contributed by atoms with Crippen molar-refractivity contribution in [1.82, 2.24) is 9.88 Å². The molecule has 4 nitrogen and oxygen atoms in total. The molecule has 0 bridgehead atoms. The zero-order valence-corrected chi connectivity index (χ0v) is 9.94. The second kappa shape index (κ2) is 4.91. The van der Waals surface area contributed by atoms with Crippen LogP contribution in [0, 0.1) is 0 Å². The summed E-state index contributed by atoms with van der Waals surface area (Å²) < 4.78 is 2.15. The Labute approximate surface area is 100 Å². The minimum absolute atomic E-state index is 0.0886. The summed E-state index contributed by atoms with van der Waals surface area (Å²) in [5, 5.41) is 3.77. The first-order chi connectivity index (χ1) is 8.20. The van der Waals surface area contributed by atoms with Gasteiger partial charge >= 0.3 is 0 Å². The van der Waals surface area contributed by atoms with E-state index in [4.69, 9.17) is 5.73 Å². The Balaban J connectivity index is 2.06. The number of nitrogen functional groups attached to an aromatic ring is 1. The van der Waals surface area contributed by atoms with Crippen molar-refractivity contribution in [2.75, 3.05) is 12.8 Å². The van der Waals surface area contributed by atoms with Crippen molar-refractivity contribution in [3.8, 4) is 0 Å². The number of hydrogen-bond donors (Lipinski definition) is 2. The van der Waals surface area contributed by atoms with E-state index in [0.29, 0.717) is 6.42 Å². The van der Waals surface area contributed by atoms with Crippen LogP contribution >= 0.6 is 0 Å². The van der Waals surface area contributed by atoms with Gasteiger partial charge < -0.3 is 15.6 Å². The molecule has 0 fully saturated rings. The molecular formula is C13H17N3O. The molecule has 0 saturated carbocycles. The maximum absolute atomic E-state index is 11.1. The van der Waals surface area contributed by atoms with Gasteiger partial charge in [0.05, 0.1) is 0 Å². The number of fused-ring (bicyclic) bond motifs is 1. The van der Waals surface area contributed by atoms with Gasteiger partial charge in [0.25, 0.3) is 0 Å². The first kappa shape index (κ1) is 11.5. The second-order valence-corrected chi connectivity index (χ2v) is 4.10. The number of hydrogen-bond acceptors (Lipinski definition) is 2. The van der Waals surface area contributed by atoms with Crippen LogP contribution < -0.4 is 11.1 Å². The Morgan fingerprint density at radius 1 is 1.41 bits per heavy atom. The smallest absolute Gasteiger partial charge is 0.219 e. The highest BCUT2D eigenvalue weighted by molar-refractivity contribution is 5.83. The van der Waals surface area contributed by atoms with Crippen molar-refractivity contribution in [3.05, 3.63) is 30.5 Å². The van der Waals surface area contributed by atoms with E-state index in [0.717, 1.165) is 29.6 Å². The number of benzene rings is 1. The molecule has 1 amide bonds. The van der Waals surface area contributed by atoms with Crippen molar-refractivity contribution in [2.45, 2.75) is 19.4 Å². The van der Waals surface area contributed by atoms with Crippen LogP contribution in [-0.2, 0) is 11.3 Å². The summed E-state index contributed by atoms with van der Waals surface area (Å²) in [7, 11) is 1.66. The average Bonchev–Trinajstić information content (AvgIpc) is 2.71. The van der Waals surface area contributed by atoms with E-state index in [-0.39, 0.29) is 5.91 Å². The predicted octanol–water partition coefficient (Wildman–Crippen LogP) is 1.75. The van der Waals surface area contributed by atoms with Crippen LogP contribution in [0.2, 0.25) is 0 Å². The lowest BCUT2D eigenvalue weighted by atomic mass is 10.2. The van der Waals surface area contributed by atoms with Crippen LogP contribution in [-0.4, -0.2) is 17.5 Å². The fourth-order valence-corrected chi connectivity index (χ4v) is 1.95. The van der Waals surface area contributed by atoms with Crippen LogP contribution in [0.15, 0.2) is 30.5 Å². The Morgan fingerprint density at radius 2 is 2.24 bits per heavy atom. The maximum Gasteiger partial charge on any atom is 0.219 e. The van der Waals surface area contributed by atoms with Gasteiger partial charge in [-0.1, -0.05) is 0 Å². The SMILES string of the molecule is CNC(=O)CCCn1ccc2cc(N)ccc21. The highest BCUT2D eigenvalue weighted by atomic mass is 16.1. The number of carbonyl (C=O) groups excluding carboxylic acids is 1. The third kappa shape index (κ3) is 2.58. The fraction of sp³-hybridized carbons (Fsp3) is 0.308. The summed E-state index contributed by atoms with van der Waals surface area (Å²) in [5.74, 6) is 0.0886. The summed E-state index contributed by atoms with van der Waals surface area (Å²) >= 11 is 0. The van der Waals surface area contributed by atoms with Gasteiger partial charge in [0.15, 0.2) is 0 Å². The number of nitrogens with zero attached hydrogens (tertiary/aromatic N) is 1. The summed E-state index contributed by atoms with van der Waals surface area (Å²) in [6.07, 6.45) is 3.44.